The largest absolute Gasteiger partial charge is 0.397 e. The summed E-state index contributed by atoms with van der Waals surface area (Å²) in [5.74, 6) is 0.648. The molecule has 2 rings (SSSR count). The van der Waals surface area contributed by atoms with Gasteiger partial charge in [-0.3, -0.25) is 0 Å². The van der Waals surface area contributed by atoms with Crippen molar-refractivity contribution in [2.75, 3.05) is 37.4 Å². The highest BCUT2D eigenvalue weighted by Crippen LogP contribution is 2.23. The van der Waals surface area contributed by atoms with Crippen LogP contribution >= 0.6 is 0 Å². The summed E-state index contributed by atoms with van der Waals surface area (Å²) in [4.78, 5) is 2.22. The minimum Gasteiger partial charge on any atom is -0.397 e. The van der Waals surface area contributed by atoms with Gasteiger partial charge in [-0.15, -0.1) is 0 Å². The zero-order valence-corrected chi connectivity index (χ0v) is 9.15. The predicted octanol–water partition coefficient (Wildman–Crippen LogP) is 1.74. The second-order valence-corrected chi connectivity index (χ2v) is 4.17. The second-order valence-electron chi connectivity index (χ2n) is 4.17. The molecular weight excluding hydrogens is 188 g/mol. The summed E-state index contributed by atoms with van der Waals surface area (Å²) in [6, 6.07) is 7.99. The Morgan fingerprint density at radius 2 is 2.27 bits per heavy atom. The lowest BCUT2D eigenvalue weighted by molar-refractivity contribution is 0.186. The van der Waals surface area contributed by atoms with Crippen molar-refractivity contribution in [3.63, 3.8) is 0 Å². The van der Waals surface area contributed by atoms with Gasteiger partial charge in [-0.1, -0.05) is 12.1 Å². The molecule has 0 bridgehead atoms. The summed E-state index contributed by atoms with van der Waals surface area (Å²) in [6.07, 6.45) is 1.16. The summed E-state index contributed by atoms with van der Waals surface area (Å²) < 4.78 is 5.37. The van der Waals surface area contributed by atoms with Crippen LogP contribution in [0.25, 0.3) is 0 Å². The molecule has 1 aliphatic heterocycles. The van der Waals surface area contributed by atoms with E-state index in [-0.39, 0.29) is 0 Å². The van der Waals surface area contributed by atoms with Gasteiger partial charge in [-0.25, -0.2) is 0 Å². The molecule has 82 valence electrons. The molecule has 0 amide bonds. The molecule has 1 saturated heterocycles. The first kappa shape index (κ1) is 10.3. The van der Waals surface area contributed by atoms with E-state index in [0.29, 0.717) is 5.92 Å². The van der Waals surface area contributed by atoms with Crippen LogP contribution in [0.4, 0.5) is 11.4 Å². The average Bonchev–Trinajstić information content (AvgIpc) is 2.71. The van der Waals surface area contributed by atoms with E-state index < -0.39 is 0 Å². The zero-order valence-electron chi connectivity index (χ0n) is 9.15. The van der Waals surface area contributed by atoms with Crippen LogP contribution in [0, 0.1) is 5.92 Å². The van der Waals surface area contributed by atoms with E-state index in [1.165, 1.54) is 0 Å². The van der Waals surface area contributed by atoms with Crippen molar-refractivity contribution in [1.29, 1.82) is 0 Å². The maximum Gasteiger partial charge on any atom is 0.0597 e. The second kappa shape index (κ2) is 4.53. The van der Waals surface area contributed by atoms with E-state index >= 15 is 0 Å². The molecule has 0 aliphatic carbocycles. The lowest BCUT2D eigenvalue weighted by atomic mass is 10.1. The molecule has 1 atom stereocenters. The summed E-state index contributed by atoms with van der Waals surface area (Å²) in [5, 5.41) is 0. The van der Waals surface area contributed by atoms with Gasteiger partial charge >= 0.3 is 0 Å². The number of anilines is 2. The van der Waals surface area contributed by atoms with Crippen LogP contribution in [-0.4, -0.2) is 26.8 Å². The van der Waals surface area contributed by atoms with Crippen molar-refractivity contribution in [3.05, 3.63) is 24.3 Å². The average molecular weight is 206 g/mol. The number of nitrogen functional groups attached to an aromatic ring is 1. The molecular formula is C12H18N2O. The number of benzene rings is 1. The van der Waals surface area contributed by atoms with Gasteiger partial charge in [0.2, 0.25) is 0 Å². The Kier molecular flexibility index (Phi) is 3.11. The van der Waals surface area contributed by atoms with Crippen molar-refractivity contribution in [3.8, 4) is 0 Å². The number of nitrogens with two attached hydrogens (primary N) is 1. The minimum atomic E-state index is 0.648. The highest BCUT2D eigenvalue weighted by molar-refractivity contribution is 5.66. The Labute approximate surface area is 90.8 Å². The van der Waals surface area contributed by atoms with Crippen LogP contribution in [0.2, 0.25) is 0 Å². The Bertz CT molecular complexity index is 321. The third-order valence-electron chi connectivity index (χ3n) is 2.90. The normalized spacial score (nSPS) is 20.5. The van der Waals surface area contributed by atoms with Gasteiger partial charge in [0.05, 0.1) is 18.0 Å². The van der Waals surface area contributed by atoms with E-state index in [0.717, 1.165) is 37.6 Å². The third kappa shape index (κ3) is 2.42. The molecule has 1 aliphatic rings. The third-order valence-corrected chi connectivity index (χ3v) is 2.90. The molecule has 0 aromatic heterocycles. The Morgan fingerprint density at radius 3 is 2.93 bits per heavy atom. The summed E-state index contributed by atoms with van der Waals surface area (Å²) >= 11 is 0. The van der Waals surface area contributed by atoms with Crippen molar-refractivity contribution < 1.29 is 4.74 Å². The maximum atomic E-state index is 5.92. The number of hydrogen-bond acceptors (Lipinski definition) is 3. The molecule has 1 aromatic carbocycles. The number of para-hydroxylation sites is 2. The fourth-order valence-electron chi connectivity index (χ4n) is 2.05. The lowest BCUT2D eigenvalue weighted by Gasteiger charge is -2.23. The highest BCUT2D eigenvalue weighted by Gasteiger charge is 2.18. The highest BCUT2D eigenvalue weighted by atomic mass is 16.5. The number of nitrogens with zero attached hydrogens (tertiary/aromatic N) is 1. The number of rotatable bonds is 3. The van der Waals surface area contributed by atoms with Crippen LogP contribution in [0.1, 0.15) is 6.42 Å². The monoisotopic (exact) mass is 206 g/mol. The van der Waals surface area contributed by atoms with Gasteiger partial charge in [-0.2, -0.15) is 0 Å². The van der Waals surface area contributed by atoms with Crippen LogP contribution < -0.4 is 10.6 Å². The Hall–Kier alpha value is -1.22. The first-order valence-electron chi connectivity index (χ1n) is 5.41. The van der Waals surface area contributed by atoms with Crippen molar-refractivity contribution in [2.45, 2.75) is 6.42 Å². The first-order valence-corrected chi connectivity index (χ1v) is 5.41. The fourth-order valence-corrected chi connectivity index (χ4v) is 2.05. The van der Waals surface area contributed by atoms with Gasteiger partial charge in [0.1, 0.15) is 0 Å². The SMILES string of the molecule is CN(CC1CCOC1)c1ccccc1N. The number of hydrogen-bond donors (Lipinski definition) is 1. The summed E-state index contributed by atoms with van der Waals surface area (Å²) in [5.41, 5.74) is 7.88. The van der Waals surface area contributed by atoms with Crippen molar-refractivity contribution >= 4 is 11.4 Å². The van der Waals surface area contributed by atoms with Gasteiger partial charge in [0.15, 0.2) is 0 Å². The van der Waals surface area contributed by atoms with Gasteiger partial charge in [0.25, 0.3) is 0 Å². The summed E-state index contributed by atoms with van der Waals surface area (Å²) in [6.45, 7) is 2.81. The molecule has 1 unspecified atom stereocenters. The predicted molar refractivity (Wildman–Crippen MR) is 63.1 cm³/mol. The molecule has 3 nitrogen and oxygen atoms in total. The van der Waals surface area contributed by atoms with Crippen LogP contribution in [-0.2, 0) is 4.74 Å². The Balaban J connectivity index is 2.00. The van der Waals surface area contributed by atoms with Crippen LogP contribution in [0.3, 0.4) is 0 Å². The van der Waals surface area contributed by atoms with Crippen LogP contribution in [0.5, 0.6) is 0 Å². The molecule has 3 heteroatoms. The van der Waals surface area contributed by atoms with Crippen molar-refractivity contribution in [2.24, 2.45) is 5.92 Å². The minimum absolute atomic E-state index is 0.648. The molecule has 0 radical (unpaired) electrons. The standard InChI is InChI=1S/C12H18N2O/c1-14(8-10-6-7-15-9-10)12-5-3-2-4-11(12)13/h2-5,10H,6-9,13H2,1H3. The molecule has 2 N–H and O–H groups in total. The quantitative estimate of drug-likeness (QED) is 0.766. The lowest BCUT2D eigenvalue weighted by Crippen LogP contribution is -2.26. The van der Waals surface area contributed by atoms with Crippen molar-refractivity contribution in [1.82, 2.24) is 0 Å². The Morgan fingerprint density at radius 1 is 1.47 bits per heavy atom. The van der Waals surface area contributed by atoms with E-state index in [4.69, 9.17) is 10.5 Å². The van der Waals surface area contributed by atoms with Gasteiger partial charge < -0.3 is 15.4 Å². The van der Waals surface area contributed by atoms with Crippen LogP contribution in [0.15, 0.2) is 24.3 Å². The van der Waals surface area contributed by atoms with Gasteiger partial charge in [0, 0.05) is 26.1 Å². The van der Waals surface area contributed by atoms with Gasteiger partial charge in [-0.05, 0) is 18.6 Å². The maximum absolute atomic E-state index is 5.92. The molecule has 1 aromatic rings. The fraction of sp³-hybridized carbons (Fsp3) is 0.500. The first-order chi connectivity index (χ1) is 7.27. The summed E-state index contributed by atoms with van der Waals surface area (Å²) in [7, 11) is 2.09. The molecule has 1 heterocycles. The smallest absolute Gasteiger partial charge is 0.0597 e. The molecule has 0 saturated carbocycles. The van der Waals surface area contributed by atoms with E-state index in [1.807, 2.05) is 18.2 Å². The molecule has 1 fully saturated rings. The topological polar surface area (TPSA) is 38.5 Å². The molecule has 15 heavy (non-hydrogen) atoms. The molecule has 0 spiro atoms. The van der Waals surface area contributed by atoms with E-state index in [1.54, 1.807) is 0 Å². The van der Waals surface area contributed by atoms with E-state index in [9.17, 15) is 0 Å². The number of ether oxygens (including phenoxy) is 1. The zero-order chi connectivity index (χ0) is 10.7. The van der Waals surface area contributed by atoms with E-state index in [2.05, 4.69) is 18.0 Å².